The molecule has 1 amide bonds. The highest BCUT2D eigenvalue weighted by molar-refractivity contribution is 8.00. The molecule has 0 aromatic carbocycles. The van der Waals surface area contributed by atoms with Crippen LogP contribution in [-0.4, -0.2) is 25.9 Å². The van der Waals surface area contributed by atoms with E-state index in [-0.39, 0.29) is 22.9 Å². The average Bonchev–Trinajstić information content (AvgIpc) is 2.81. The Morgan fingerprint density at radius 1 is 1.36 bits per heavy atom. The number of carbonyl (C=O) groups is 1. The molecule has 2 rings (SSSR count). The van der Waals surface area contributed by atoms with E-state index in [1.54, 1.807) is 18.7 Å². The van der Waals surface area contributed by atoms with Gasteiger partial charge in [0.25, 0.3) is 0 Å². The van der Waals surface area contributed by atoms with Gasteiger partial charge in [-0.25, -0.2) is 4.98 Å². The van der Waals surface area contributed by atoms with Crippen LogP contribution in [0.3, 0.4) is 0 Å². The molecule has 128 valence electrons. The van der Waals surface area contributed by atoms with Gasteiger partial charge in [0, 0.05) is 7.05 Å². The summed E-state index contributed by atoms with van der Waals surface area (Å²) in [6, 6.07) is 5.24. The number of anilines is 2. The number of nitrogens with one attached hydrogen (secondary N) is 1. The first-order valence-corrected chi connectivity index (χ1v) is 8.24. The van der Waals surface area contributed by atoms with Crippen LogP contribution in [0.5, 0.6) is 0 Å². The van der Waals surface area contributed by atoms with Gasteiger partial charge in [-0.1, -0.05) is 11.8 Å². The van der Waals surface area contributed by atoms with E-state index in [2.05, 4.69) is 15.4 Å². The fourth-order valence-electron chi connectivity index (χ4n) is 2.17. The minimum Gasteiger partial charge on any atom is -0.383 e. The molecule has 0 fully saturated rings. The lowest BCUT2D eigenvalue weighted by Crippen LogP contribution is -2.23. The smallest absolute Gasteiger partial charge is 0.237 e. The molecule has 0 aliphatic rings. The molecular weight excluding hydrogens is 338 g/mol. The molecule has 0 bridgehead atoms. The van der Waals surface area contributed by atoms with E-state index in [4.69, 9.17) is 11.0 Å². The number of hydrogen-bond donors (Lipinski definition) is 2. The van der Waals surface area contributed by atoms with Crippen LogP contribution in [0.25, 0.3) is 0 Å². The number of carbonyl (C=O) groups excluding carboxylic acids is 1. The maximum Gasteiger partial charge on any atom is 0.237 e. The molecule has 8 nitrogen and oxygen atoms in total. The van der Waals surface area contributed by atoms with E-state index in [0.29, 0.717) is 10.7 Å². The molecule has 0 unspecified atom stereocenters. The summed E-state index contributed by atoms with van der Waals surface area (Å²) >= 11 is 1.11. The summed E-state index contributed by atoms with van der Waals surface area (Å²) in [5.74, 6) is -0.201. The van der Waals surface area contributed by atoms with Crippen LogP contribution >= 0.6 is 11.8 Å². The number of nitrogen functional groups attached to an aromatic ring is 1. The van der Waals surface area contributed by atoms with Crippen molar-refractivity contribution >= 4 is 29.2 Å². The number of nitrogens with zero attached hydrogens (tertiary/aromatic N) is 5. The topological polar surface area (TPSA) is 133 Å². The molecule has 25 heavy (non-hydrogen) atoms. The fraction of sp³-hybridized carbons (Fsp3) is 0.312. The van der Waals surface area contributed by atoms with E-state index in [9.17, 15) is 10.1 Å². The minimum atomic E-state index is -0.522. The van der Waals surface area contributed by atoms with Crippen molar-refractivity contribution in [2.45, 2.75) is 31.0 Å². The first kappa shape index (κ1) is 18.3. The van der Waals surface area contributed by atoms with Crippen molar-refractivity contribution in [2.75, 3.05) is 11.1 Å². The molecule has 0 spiro atoms. The summed E-state index contributed by atoms with van der Waals surface area (Å²) in [6.07, 6.45) is 0. The van der Waals surface area contributed by atoms with Crippen LogP contribution in [0.4, 0.5) is 11.5 Å². The van der Waals surface area contributed by atoms with Gasteiger partial charge in [-0.3, -0.25) is 9.48 Å². The van der Waals surface area contributed by atoms with Crippen molar-refractivity contribution < 1.29 is 4.79 Å². The van der Waals surface area contributed by atoms with E-state index >= 15 is 0 Å². The quantitative estimate of drug-likeness (QED) is 0.800. The van der Waals surface area contributed by atoms with Crippen LogP contribution in [0.1, 0.15) is 29.4 Å². The van der Waals surface area contributed by atoms with Crippen molar-refractivity contribution in [3.05, 3.63) is 28.6 Å². The Bertz CT molecular complexity index is 920. The second kappa shape index (κ2) is 7.24. The van der Waals surface area contributed by atoms with Gasteiger partial charge in [0.2, 0.25) is 5.91 Å². The van der Waals surface area contributed by atoms with Gasteiger partial charge in [-0.05, 0) is 26.8 Å². The minimum absolute atomic E-state index is 0.0376. The van der Waals surface area contributed by atoms with Crippen LogP contribution in [0.2, 0.25) is 0 Å². The summed E-state index contributed by atoms with van der Waals surface area (Å²) in [7, 11) is 1.80. The van der Waals surface area contributed by atoms with Gasteiger partial charge in [0.1, 0.15) is 23.0 Å². The first-order chi connectivity index (χ1) is 11.8. The van der Waals surface area contributed by atoms with Gasteiger partial charge in [0.15, 0.2) is 0 Å². The molecule has 3 N–H and O–H groups in total. The fourth-order valence-corrected chi connectivity index (χ4v) is 3.05. The Morgan fingerprint density at radius 3 is 2.52 bits per heavy atom. The lowest BCUT2D eigenvalue weighted by Gasteiger charge is -2.13. The van der Waals surface area contributed by atoms with Gasteiger partial charge in [0.05, 0.1) is 33.5 Å². The average molecular weight is 355 g/mol. The molecule has 9 heteroatoms. The maximum absolute atomic E-state index is 12.5. The lowest BCUT2D eigenvalue weighted by atomic mass is 10.2. The highest BCUT2D eigenvalue weighted by Crippen LogP contribution is 2.28. The summed E-state index contributed by atoms with van der Waals surface area (Å²) in [4.78, 5) is 16.6. The Labute approximate surface area is 149 Å². The predicted octanol–water partition coefficient (Wildman–Crippen LogP) is 1.88. The third-order valence-electron chi connectivity index (χ3n) is 3.67. The molecule has 2 heterocycles. The SMILES string of the molecule is Cc1nn(C)c(C)c1NC(=O)[C@@H](C)Sc1nc(N)c(C#N)cc1C#N. The third-order valence-corrected chi connectivity index (χ3v) is 4.77. The summed E-state index contributed by atoms with van der Waals surface area (Å²) in [6.45, 7) is 5.39. The standard InChI is InChI=1S/C16H17N7OS/c1-8-13(9(2)23(4)22-8)20-15(24)10(3)25-16-12(7-18)5-11(6-17)14(19)21-16/h5,10H,1-4H3,(H2,19,21)(H,20,24)/t10-/m1/s1. The highest BCUT2D eigenvalue weighted by Gasteiger charge is 2.21. The number of thioether (sulfide) groups is 1. The van der Waals surface area contributed by atoms with E-state index in [1.807, 2.05) is 26.0 Å². The van der Waals surface area contributed by atoms with Gasteiger partial charge in [-0.2, -0.15) is 15.6 Å². The van der Waals surface area contributed by atoms with Crippen molar-refractivity contribution in [3.8, 4) is 12.1 Å². The zero-order valence-electron chi connectivity index (χ0n) is 14.3. The molecule has 1 atom stereocenters. The number of aryl methyl sites for hydroxylation is 2. The maximum atomic E-state index is 12.5. The first-order valence-electron chi connectivity index (χ1n) is 7.36. The van der Waals surface area contributed by atoms with Crippen LogP contribution < -0.4 is 11.1 Å². The van der Waals surface area contributed by atoms with Gasteiger partial charge < -0.3 is 11.1 Å². The molecule has 0 aliphatic carbocycles. The number of pyridine rings is 1. The Morgan fingerprint density at radius 2 is 2.00 bits per heavy atom. The largest absolute Gasteiger partial charge is 0.383 e. The van der Waals surface area contributed by atoms with Crippen molar-refractivity contribution in [1.82, 2.24) is 14.8 Å². The van der Waals surface area contributed by atoms with E-state index in [1.165, 1.54) is 6.07 Å². The van der Waals surface area contributed by atoms with E-state index < -0.39 is 5.25 Å². The monoisotopic (exact) mass is 355 g/mol. The highest BCUT2D eigenvalue weighted by atomic mass is 32.2. The number of aromatic nitrogens is 3. The van der Waals surface area contributed by atoms with Crippen molar-refractivity contribution in [1.29, 1.82) is 10.5 Å². The molecule has 0 saturated carbocycles. The van der Waals surface area contributed by atoms with Crippen molar-refractivity contribution in [3.63, 3.8) is 0 Å². The van der Waals surface area contributed by atoms with Gasteiger partial charge >= 0.3 is 0 Å². The Balaban J connectivity index is 2.21. The number of nitrogens with two attached hydrogens (primary N) is 1. The second-order valence-electron chi connectivity index (χ2n) is 5.42. The number of hydrogen-bond acceptors (Lipinski definition) is 7. The molecule has 0 saturated heterocycles. The summed E-state index contributed by atoms with van der Waals surface area (Å²) < 4.78 is 1.69. The van der Waals surface area contributed by atoms with Crippen molar-refractivity contribution in [2.24, 2.45) is 7.05 Å². The van der Waals surface area contributed by atoms with Crippen LogP contribution in [-0.2, 0) is 11.8 Å². The Hall–Kier alpha value is -3.04. The van der Waals surface area contributed by atoms with Crippen LogP contribution in [0, 0.1) is 36.5 Å². The zero-order chi connectivity index (χ0) is 18.7. The summed E-state index contributed by atoms with van der Waals surface area (Å²) in [5, 5.41) is 25.1. The van der Waals surface area contributed by atoms with E-state index in [0.717, 1.165) is 23.1 Å². The third kappa shape index (κ3) is 3.73. The normalized spacial score (nSPS) is 11.4. The second-order valence-corrected chi connectivity index (χ2v) is 6.75. The number of rotatable bonds is 4. The van der Waals surface area contributed by atoms with Gasteiger partial charge in [-0.15, -0.1) is 0 Å². The summed E-state index contributed by atoms with van der Waals surface area (Å²) in [5.41, 5.74) is 8.30. The predicted molar refractivity (Wildman–Crippen MR) is 94.7 cm³/mol. The molecule has 2 aromatic rings. The lowest BCUT2D eigenvalue weighted by molar-refractivity contribution is -0.115. The number of amides is 1. The zero-order valence-corrected chi connectivity index (χ0v) is 15.1. The molecular formula is C16H17N7OS. The van der Waals surface area contributed by atoms with Crippen LogP contribution in [0.15, 0.2) is 11.1 Å². The molecule has 2 aromatic heterocycles. The number of nitriles is 2. The molecule has 0 radical (unpaired) electrons. The molecule has 0 aliphatic heterocycles. The Kier molecular flexibility index (Phi) is 5.30.